The number of nitrogens with two attached hydrogens (primary N) is 1. The topological polar surface area (TPSA) is 35.2 Å². The first-order valence-corrected chi connectivity index (χ1v) is 4.47. The minimum atomic E-state index is -4.78. The zero-order valence-corrected chi connectivity index (χ0v) is 8.87. The van der Waals surface area contributed by atoms with Crippen LogP contribution in [-0.2, 0) is 0 Å². The molecule has 1 aromatic carbocycles. The van der Waals surface area contributed by atoms with Gasteiger partial charge in [0.1, 0.15) is 0 Å². The molecule has 2 N–H and O–H groups in total. The van der Waals surface area contributed by atoms with E-state index in [4.69, 9.17) is 17.3 Å². The maximum absolute atomic E-state index is 11.8. The molecule has 0 saturated heterocycles. The molecule has 0 aliphatic rings. The molecular weight excluding hydrogens is 286 g/mol. The van der Waals surface area contributed by atoms with Gasteiger partial charge < -0.3 is 10.5 Å². The summed E-state index contributed by atoms with van der Waals surface area (Å²) in [7, 11) is 0. The maximum Gasteiger partial charge on any atom is 0.573 e. The van der Waals surface area contributed by atoms with Gasteiger partial charge in [0.25, 0.3) is 0 Å². The Morgan fingerprint density at radius 1 is 1.36 bits per heavy atom. The van der Waals surface area contributed by atoms with Crippen molar-refractivity contribution < 1.29 is 17.9 Å². The molecule has 7 heteroatoms. The van der Waals surface area contributed by atoms with Crippen molar-refractivity contribution in [3.63, 3.8) is 0 Å². The Kier molecular flexibility index (Phi) is 3.16. The molecule has 0 atom stereocenters. The normalized spacial score (nSPS) is 11.5. The summed E-state index contributed by atoms with van der Waals surface area (Å²) >= 11 is 8.49. The minimum Gasteiger partial charge on any atom is -0.404 e. The summed E-state index contributed by atoms with van der Waals surface area (Å²) in [6, 6.07) is 2.38. The van der Waals surface area contributed by atoms with E-state index >= 15 is 0 Å². The molecule has 0 aliphatic carbocycles. The highest BCUT2D eigenvalue weighted by molar-refractivity contribution is 9.10. The van der Waals surface area contributed by atoms with Crippen LogP contribution in [0.25, 0.3) is 0 Å². The van der Waals surface area contributed by atoms with Crippen molar-refractivity contribution in [2.75, 3.05) is 5.73 Å². The number of benzene rings is 1. The first kappa shape index (κ1) is 11.5. The molecule has 0 aliphatic heterocycles. The van der Waals surface area contributed by atoms with E-state index in [9.17, 15) is 13.2 Å². The summed E-state index contributed by atoms with van der Waals surface area (Å²) < 4.78 is 39.4. The highest BCUT2D eigenvalue weighted by Gasteiger charge is 2.32. The average Bonchev–Trinajstić information content (AvgIpc) is 1.96. The quantitative estimate of drug-likeness (QED) is 0.802. The zero-order valence-electron chi connectivity index (χ0n) is 6.53. The highest BCUT2D eigenvalue weighted by atomic mass is 79.9. The molecule has 2 nitrogen and oxygen atoms in total. The van der Waals surface area contributed by atoms with E-state index in [2.05, 4.69) is 20.7 Å². The summed E-state index contributed by atoms with van der Waals surface area (Å²) in [6.07, 6.45) is -4.78. The molecule has 0 radical (unpaired) electrons. The Morgan fingerprint density at radius 2 is 1.93 bits per heavy atom. The first-order valence-electron chi connectivity index (χ1n) is 3.30. The number of alkyl halides is 3. The lowest BCUT2D eigenvalue weighted by Crippen LogP contribution is -2.17. The Hall–Kier alpha value is -0.620. The van der Waals surface area contributed by atoms with Gasteiger partial charge >= 0.3 is 6.36 Å². The lowest BCUT2D eigenvalue weighted by atomic mass is 10.3. The van der Waals surface area contributed by atoms with E-state index in [1.54, 1.807) is 0 Å². The van der Waals surface area contributed by atoms with E-state index in [1.807, 2.05) is 0 Å². The minimum absolute atomic E-state index is 0.125. The second-order valence-electron chi connectivity index (χ2n) is 2.36. The summed E-state index contributed by atoms with van der Waals surface area (Å²) in [6.45, 7) is 0. The van der Waals surface area contributed by atoms with Gasteiger partial charge in [-0.05, 0) is 22.0 Å². The summed E-state index contributed by atoms with van der Waals surface area (Å²) in [5.74, 6) is -0.522. The molecule has 0 aromatic heterocycles. The van der Waals surface area contributed by atoms with Gasteiger partial charge in [0.2, 0.25) is 0 Å². The molecule has 1 aromatic rings. The third kappa shape index (κ3) is 2.95. The van der Waals surface area contributed by atoms with Gasteiger partial charge in [0, 0.05) is 16.2 Å². The smallest absolute Gasteiger partial charge is 0.404 e. The van der Waals surface area contributed by atoms with Crippen LogP contribution in [0.1, 0.15) is 0 Å². The number of rotatable bonds is 1. The fraction of sp³-hybridized carbons (Fsp3) is 0.143. The van der Waals surface area contributed by atoms with Crippen molar-refractivity contribution in [2.45, 2.75) is 6.36 Å². The van der Waals surface area contributed by atoms with E-state index in [0.29, 0.717) is 0 Å². The molecule has 0 unspecified atom stereocenters. The van der Waals surface area contributed by atoms with Crippen molar-refractivity contribution in [1.82, 2.24) is 0 Å². The largest absolute Gasteiger partial charge is 0.573 e. The van der Waals surface area contributed by atoms with Gasteiger partial charge in [-0.2, -0.15) is 0 Å². The number of anilines is 1. The van der Waals surface area contributed by atoms with Crippen LogP contribution in [0.2, 0.25) is 5.02 Å². The molecule has 78 valence electrons. The van der Waals surface area contributed by atoms with Crippen LogP contribution in [0.5, 0.6) is 5.75 Å². The van der Waals surface area contributed by atoms with Crippen molar-refractivity contribution in [3.8, 4) is 5.75 Å². The standard InChI is InChI=1S/C7H4BrClF3NO/c8-4-1-3(13)2-5(6(4)9)14-7(10,11)12/h1-2H,13H2. The maximum atomic E-state index is 11.8. The third-order valence-electron chi connectivity index (χ3n) is 1.24. The molecule has 0 saturated carbocycles. The Balaban J connectivity index is 3.09. The van der Waals surface area contributed by atoms with Gasteiger partial charge in [0.15, 0.2) is 5.75 Å². The van der Waals surface area contributed by atoms with Crippen LogP contribution in [-0.4, -0.2) is 6.36 Å². The molecule has 14 heavy (non-hydrogen) atoms. The fourth-order valence-electron chi connectivity index (χ4n) is 0.783. The predicted molar refractivity (Wildman–Crippen MR) is 50.2 cm³/mol. The number of nitrogen functional groups attached to an aromatic ring is 1. The number of halogens is 5. The average molecular weight is 290 g/mol. The van der Waals surface area contributed by atoms with Crippen molar-refractivity contribution in [3.05, 3.63) is 21.6 Å². The molecule has 0 fully saturated rings. The fourth-order valence-corrected chi connectivity index (χ4v) is 1.39. The first-order chi connectivity index (χ1) is 6.29. The lowest BCUT2D eigenvalue weighted by Gasteiger charge is -2.11. The van der Waals surface area contributed by atoms with E-state index < -0.39 is 12.1 Å². The third-order valence-corrected chi connectivity index (χ3v) is 2.49. The van der Waals surface area contributed by atoms with Crippen LogP contribution >= 0.6 is 27.5 Å². The molecule has 0 heterocycles. The van der Waals surface area contributed by atoms with Gasteiger partial charge in [-0.25, -0.2) is 0 Å². The number of hydrogen-bond donors (Lipinski definition) is 1. The van der Waals surface area contributed by atoms with Gasteiger partial charge in [-0.15, -0.1) is 13.2 Å². The molecule has 0 spiro atoms. The van der Waals surface area contributed by atoms with E-state index in [0.717, 1.165) is 6.07 Å². The van der Waals surface area contributed by atoms with Crippen LogP contribution in [0.4, 0.5) is 18.9 Å². The summed E-state index contributed by atoms with van der Waals surface area (Å²) in [5.41, 5.74) is 5.44. The molecule has 1 rings (SSSR count). The molecular formula is C7H4BrClF3NO. The Bertz CT molecular complexity index is 356. The van der Waals surface area contributed by atoms with Crippen LogP contribution in [0.3, 0.4) is 0 Å². The Morgan fingerprint density at radius 3 is 2.43 bits per heavy atom. The van der Waals surface area contributed by atoms with Crippen molar-refractivity contribution in [1.29, 1.82) is 0 Å². The summed E-state index contributed by atoms with van der Waals surface area (Å²) in [4.78, 5) is 0. The van der Waals surface area contributed by atoms with Crippen molar-refractivity contribution in [2.24, 2.45) is 0 Å². The molecule has 0 amide bonds. The van der Waals surface area contributed by atoms with Gasteiger partial charge in [0.05, 0.1) is 5.02 Å². The van der Waals surface area contributed by atoms with Crippen LogP contribution in [0.15, 0.2) is 16.6 Å². The number of ether oxygens (including phenoxy) is 1. The van der Waals surface area contributed by atoms with Gasteiger partial charge in [-0.1, -0.05) is 11.6 Å². The van der Waals surface area contributed by atoms with Crippen molar-refractivity contribution >= 4 is 33.2 Å². The zero-order chi connectivity index (χ0) is 10.9. The monoisotopic (exact) mass is 289 g/mol. The second-order valence-corrected chi connectivity index (χ2v) is 3.59. The second kappa shape index (κ2) is 3.86. The lowest BCUT2D eigenvalue weighted by molar-refractivity contribution is -0.274. The molecule has 0 bridgehead atoms. The highest BCUT2D eigenvalue weighted by Crippen LogP contribution is 2.37. The van der Waals surface area contributed by atoms with Crippen LogP contribution < -0.4 is 10.5 Å². The SMILES string of the molecule is Nc1cc(Br)c(Cl)c(OC(F)(F)F)c1. The predicted octanol–water partition coefficient (Wildman–Crippen LogP) is 3.58. The van der Waals surface area contributed by atoms with Crippen LogP contribution in [0, 0.1) is 0 Å². The Labute approximate surface area is 90.9 Å². The van der Waals surface area contributed by atoms with Gasteiger partial charge in [-0.3, -0.25) is 0 Å². The van der Waals surface area contributed by atoms with E-state index in [-0.39, 0.29) is 15.2 Å². The summed E-state index contributed by atoms with van der Waals surface area (Å²) in [5, 5.41) is -0.170. The van der Waals surface area contributed by atoms with E-state index in [1.165, 1.54) is 6.07 Å². The number of hydrogen-bond acceptors (Lipinski definition) is 2.